The third-order valence-corrected chi connectivity index (χ3v) is 2.08. The van der Waals surface area contributed by atoms with Crippen LogP contribution in [0.4, 0.5) is 5.69 Å². The molecule has 0 saturated carbocycles. The number of amides is 1. The molecule has 2 aromatic rings. The van der Waals surface area contributed by atoms with Crippen molar-refractivity contribution in [1.29, 1.82) is 0 Å². The van der Waals surface area contributed by atoms with E-state index in [1.165, 1.54) is 0 Å². The molecule has 4 heteroatoms. The van der Waals surface area contributed by atoms with Crippen LogP contribution in [0.15, 0.2) is 43.0 Å². The van der Waals surface area contributed by atoms with Gasteiger partial charge in [-0.1, -0.05) is 0 Å². The average Bonchev–Trinajstić information content (AvgIpc) is 2.30. The van der Waals surface area contributed by atoms with E-state index in [1.807, 2.05) is 13.0 Å². The van der Waals surface area contributed by atoms with Crippen LogP contribution in [0.2, 0.25) is 0 Å². The Morgan fingerprint density at radius 3 is 2.62 bits per heavy atom. The standard InChI is InChI=1S/C12H11N3O/c1-9-6-11(8-14-7-9)15-12(16)10-2-4-13-5-3-10/h2-8H,1H3,(H,15,16). The predicted octanol–water partition coefficient (Wildman–Crippen LogP) is 2.04. The number of rotatable bonds is 2. The van der Waals surface area contributed by atoms with Crippen LogP contribution in [0.3, 0.4) is 0 Å². The first-order valence-corrected chi connectivity index (χ1v) is 4.89. The quantitative estimate of drug-likeness (QED) is 0.830. The number of hydrogen-bond acceptors (Lipinski definition) is 3. The van der Waals surface area contributed by atoms with Crippen LogP contribution in [0.1, 0.15) is 15.9 Å². The number of pyridine rings is 2. The molecular formula is C12H11N3O. The molecule has 0 radical (unpaired) electrons. The first kappa shape index (κ1) is 10.3. The van der Waals surface area contributed by atoms with Crippen molar-refractivity contribution in [3.05, 3.63) is 54.1 Å². The summed E-state index contributed by atoms with van der Waals surface area (Å²) in [5, 5.41) is 2.77. The van der Waals surface area contributed by atoms with Crippen molar-refractivity contribution in [3.8, 4) is 0 Å². The molecule has 0 atom stereocenters. The molecule has 16 heavy (non-hydrogen) atoms. The second-order valence-electron chi connectivity index (χ2n) is 3.44. The Bertz CT molecular complexity index is 497. The molecule has 2 aromatic heterocycles. The molecule has 80 valence electrons. The highest BCUT2D eigenvalue weighted by molar-refractivity contribution is 6.04. The van der Waals surface area contributed by atoms with Gasteiger partial charge in [-0.3, -0.25) is 14.8 Å². The normalized spacial score (nSPS) is 9.81. The number of carbonyl (C=O) groups excluding carboxylic acids is 1. The monoisotopic (exact) mass is 213 g/mol. The smallest absolute Gasteiger partial charge is 0.255 e. The molecule has 0 spiro atoms. The lowest BCUT2D eigenvalue weighted by atomic mass is 10.2. The van der Waals surface area contributed by atoms with E-state index >= 15 is 0 Å². The molecular weight excluding hydrogens is 202 g/mol. The fourth-order valence-corrected chi connectivity index (χ4v) is 1.33. The summed E-state index contributed by atoms with van der Waals surface area (Å²) < 4.78 is 0. The highest BCUT2D eigenvalue weighted by Crippen LogP contribution is 2.09. The van der Waals surface area contributed by atoms with Crippen molar-refractivity contribution in [2.24, 2.45) is 0 Å². The van der Waals surface area contributed by atoms with E-state index in [0.29, 0.717) is 11.3 Å². The van der Waals surface area contributed by atoms with Gasteiger partial charge >= 0.3 is 0 Å². The van der Waals surface area contributed by atoms with E-state index in [2.05, 4.69) is 15.3 Å². The van der Waals surface area contributed by atoms with Gasteiger partial charge in [0.25, 0.3) is 5.91 Å². The molecule has 0 aromatic carbocycles. The molecule has 0 bridgehead atoms. The fraction of sp³-hybridized carbons (Fsp3) is 0.0833. The summed E-state index contributed by atoms with van der Waals surface area (Å²) in [7, 11) is 0. The Morgan fingerprint density at radius 2 is 1.94 bits per heavy atom. The summed E-state index contributed by atoms with van der Waals surface area (Å²) in [6, 6.07) is 5.20. The van der Waals surface area contributed by atoms with Crippen LogP contribution in [0.25, 0.3) is 0 Å². The third-order valence-electron chi connectivity index (χ3n) is 2.08. The van der Waals surface area contributed by atoms with E-state index in [1.54, 1.807) is 36.9 Å². The van der Waals surface area contributed by atoms with Gasteiger partial charge in [0, 0.05) is 24.2 Å². The van der Waals surface area contributed by atoms with E-state index in [-0.39, 0.29) is 5.91 Å². The second-order valence-corrected chi connectivity index (χ2v) is 3.44. The first-order chi connectivity index (χ1) is 7.75. The van der Waals surface area contributed by atoms with E-state index in [9.17, 15) is 4.79 Å². The highest BCUT2D eigenvalue weighted by Gasteiger charge is 2.04. The van der Waals surface area contributed by atoms with E-state index in [0.717, 1.165) is 5.56 Å². The average molecular weight is 213 g/mol. The zero-order valence-corrected chi connectivity index (χ0v) is 8.84. The van der Waals surface area contributed by atoms with Gasteiger partial charge in [-0.2, -0.15) is 0 Å². The van der Waals surface area contributed by atoms with Gasteiger partial charge in [0.1, 0.15) is 0 Å². The lowest BCUT2D eigenvalue weighted by Gasteiger charge is -2.04. The van der Waals surface area contributed by atoms with Crippen molar-refractivity contribution in [2.75, 3.05) is 5.32 Å². The molecule has 2 heterocycles. The second kappa shape index (κ2) is 4.53. The van der Waals surface area contributed by atoms with Crippen molar-refractivity contribution < 1.29 is 4.79 Å². The molecule has 0 aliphatic carbocycles. The molecule has 2 rings (SSSR count). The molecule has 0 unspecified atom stereocenters. The molecule has 4 nitrogen and oxygen atoms in total. The van der Waals surface area contributed by atoms with Gasteiger partial charge in [-0.15, -0.1) is 0 Å². The van der Waals surface area contributed by atoms with Crippen molar-refractivity contribution in [2.45, 2.75) is 6.92 Å². The number of aromatic nitrogens is 2. The van der Waals surface area contributed by atoms with Crippen LogP contribution in [0, 0.1) is 6.92 Å². The summed E-state index contributed by atoms with van der Waals surface area (Å²) in [4.78, 5) is 19.6. The van der Waals surface area contributed by atoms with Gasteiger partial charge in [-0.25, -0.2) is 0 Å². The fourth-order valence-electron chi connectivity index (χ4n) is 1.33. The molecule has 0 aliphatic rings. The van der Waals surface area contributed by atoms with Gasteiger partial charge in [-0.05, 0) is 30.7 Å². The predicted molar refractivity (Wildman–Crippen MR) is 61.2 cm³/mol. The Hall–Kier alpha value is -2.23. The maximum absolute atomic E-state index is 11.8. The van der Waals surface area contributed by atoms with Crippen molar-refractivity contribution in [3.63, 3.8) is 0 Å². The Labute approximate surface area is 93.4 Å². The first-order valence-electron chi connectivity index (χ1n) is 4.89. The van der Waals surface area contributed by atoms with Crippen LogP contribution in [-0.4, -0.2) is 15.9 Å². The largest absolute Gasteiger partial charge is 0.321 e. The van der Waals surface area contributed by atoms with Gasteiger partial charge < -0.3 is 5.32 Å². The van der Waals surface area contributed by atoms with Gasteiger partial charge in [0.15, 0.2) is 0 Å². The minimum absolute atomic E-state index is 0.158. The molecule has 0 aliphatic heterocycles. The van der Waals surface area contributed by atoms with Crippen LogP contribution in [-0.2, 0) is 0 Å². The number of nitrogens with one attached hydrogen (secondary N) is 1. The summed E-state index contributed by atoms with van der Waals surface area (Å²) in [5.41, 5.74) is 2.28. The number of aryl methyl sites for hydroxylation is 1. The number of hydrogen-bond donors (Lipinski definition) is 1. The lowest BCUT2D eigenvalue weighted by molar-refractivity contribution is 0.102. The van der Waals surface area contributed by atoms with E-state index in [4.69, 9.17) is 0 Å². The zero-order chi connectivity index (χ0) is 11.4. The van der Waals surface area contributed by atoms with Crippen LogP contribution >= 0.6 is 0 Å². The Morgan fingerprint density at radius 1 is 1.19 bits per heavy atom. The van der Waals surface area contributed by atoms with Gasteiger partial charge in [0.2, 0.25) is 0 Å². The summed E-state index contributed by atoms with van der Waals surface area (Å²) in [6.07, 6.45) is 6.53. The minimum atomic E-state index is -0.158. The number of nitrogens with zero attached hydrogens (tertiary/aromatic N) is 2. The Balaban J connectivity index is 2.14. The molecule has 1 amide bonds. The highest BCUT2D eigenvalue weighted by atomic mass is 16.1. The van der Waals surface area contributed by atoms with E-state index < -0.39 is 0 Å². The SMILES string of the molecule is Cc1cncc(NC(=O)c2ccncc2)c1. The maximum Gasteiger partial charge on any atom is 0.255 e. The molecule has 0 saturated heterocycles. The summed E-state index contributed by atoms with van der Waals surface area (Å²) in [6.45, 7) is 1.93. The van der Waals surface area contributed by atoms with Crippen LogP contribution in [0.5, 0.6) is 0 Å². The summed E-state index contributed by atoms with van der Waals surface area (Å²) in [5.74, 6) is -0.158. The lowest BCUT2D eigenvalue weighted by Crippen LogP contribution is -2.12. The summed E-state index contributed by atoms with van der Waals surface area (Å²) >= 11 is 0. The van der Waals surface area contributed by atoms with Crippen molar-refractivity contribution >= 4 is 11.6 Å². The van der Waals surface area contributed by atoms with Crippen LogP contribution < -0.4 is 5.32 Å². The minimum Gasteiger partial charge on any atom is -0.321 e. The third kappa shape index (κ3) is 2.42. The zero-order valence-electron chi connectivity index (χ0n) is 8.84. The molecule has 0 fully saturated rings. The topological polar surface area (TPSA) is 54.9 Å². The maximum atomic E-state index is 11.8. The van der Waals surface area contributed by atoms with Gasteiger partial charge in [0.05, 0.1) is 11.9 Å². The molecule has 1 N–H and O–H groups in total. The Kier molecular flexibility index (Phi) is 2.91. The van der Waals surface area contributed by atoms with Crippen molar-refractivity contribution in [1.82, 2.24) is 9.97 Å². The number of carbonyl (C=O) groups is 1. The number of anilines is 1.